The van der Waals surface area contributed by atoms with Crippen molar-refractivity contribution in [3.63, 3.8) is 0 Å². The van der Waals surface area contributed by atoms with E-state index >= 15 is 0 Å². The van der Waals surface area contributed by atoms with Crippen molar-refractivity contribution >= 4 is 34.3 Å². The maximum atomic E-state index is 11.9. The molecular weight excluding hydrogens is 328 g/mol. The molecule has 0 fully saturated rings. The second kappa shape index (κ2) is 6.06. The highest BCUT2D eigenvalue weighted by molar-refractivity contribution is 7.98. The summed E-state index contributed by atoms with van der Waals surface area (Å²) in [4.78, 5) is 12.9. The average Bonchev–Trinajstić information content (AvgIpc) is 2.99. The van der Waals surface area contributed by atoms with E-state index in [0.29, 0.717) is 11.3 Å². The Balaban J connectivity index is 1.74. The number of hydrogen-bond acceptors (Lipinski definition) is 3. The van der Waals surface area contributed by atoms with Gasteiger partial charge in [0.25, 0.3) is 0 Å². The van der Waals surface area contributed by atoms with Gasteiger partial charge in [-0.1, -0.05) is 23.7 Å². The highest BCUT2D eigenvalue weighted by Crippen LogP contribution is 2.33. The number of rotatable bonds is 3. The van der Waals surface area contributed by atoms with Crippen molar-refractivity contribution in [1.29, 1.82) is 0 Å². The largest absolute Gasteiger partial charge is 0.423 e. The summed E-state index contributed by atoms with van der Waals surface area (Å²) in [6.45, 7) is 0. The van der Waals surface area contributed by atoms with Gasteiger partial charge in [0.15, 0.2) is 0 Å². The second-order valence-corrected chi connectivity index (χ2v) is 7.20. The van der Waals surface area contributed by atoms with Crippen LogP contribution in [0.3, 0.4) is 0 Å². The smallest absolute Gasteiger partial charge is 0.336 e. The topological polar surface area (TPSA) is 30.2 Å². The monoisotopic (exact) mass is 342 g/mol. The van der Waals surface area contributed by atoms with Crippen LogP contribution in [-0.4, -0.2) is 0 Å². The van der Waals surface area contributed by atoms with Crippen molar-refractivity contribution in [2.75, 3.05) is 0 Å². The molecular formula is C19H15ClO2S. The molecule has 0 aliphatic heterocycles. The Kier molecular flexibility index (Phi) is 3.92. The molecule has 0 unspecified atom stereocenters. The summed E-state index contributed by atoms with van der Waals surface area (Å²) in [6, 6.07) is 13.6. The van der Waals surface area contributed by atoms with E-state index < -0.39 is 0 Å². The summed E-state index contributed by atoms with van der Waals surface area (Å²) >= 11 is 7.86. The number of benzene rings is 2. The lowest BCUT2D eigenvalue weighted by Gasteiger charge is -2.08. The van der Waals surface area contributed by atoms with Gasteiger partial charge in [-0.3, -0.25) is 0 Å². The van der Waals surface area contributed by atoms with E-state index in [1.54, 1.807) is 17.8 Å². The molecule has 0 radical (unpaired) electrons. The third-order valence-corrected chi connectivity index (χ3v) is 5.83. The maximum Gasteiger partial charge on any atom is 0.336 e. The van der Waals surface area contributed by atoms with Gasteiger partial charge in [0, 0.05) is 22.1 Å². The summed E-state index contributed by atoms with van der Waals surface area (Å²) in [6.07, 6.45) is 3.37. The van der Waals surface area contributed by atoms with Gasteiger partial charge in [-0.05, 0) is 60.2 Å². The third kappa shape index (κ3) is 2.91. The Morgan fingerprint density at radius 1 is 1.09 bits per heavy atom. The molecule has 0 amide bonds. The molecule has 0 spiro atoms. The first-order chi connectivity index (χ1) is 11.2. The molecule has 3 aromatic rings. The Bertz CT molecular complexity index is 946. The zero-order valence-corrected chi connectivity index (χ0v) is 14.0. The Morgan fingerprint density at radius 2 is 1.87 bits per heavy atom. The third-order valence-electron chi connectivity index (χ3n) is 4.26. The predicted molar refractivity (Wildman–Crippen MR) is 95.5 cm³/mol. The Hall–Kier alpha value is -1.71. The van der Waals surface area contributed by atoms with E-state index in [2.05, 4.69) is 6.07 Å². The highest BCUT2D eigenvalue weighted by Gasteiger charge is 2.15. The van der Waals surface area contributed by atoms with Gasteiger partial charge in [0.1, 0.15) is 5.58 Å². The van der Waals surface area contributed by atoms with Gasteiger partial charge in [0.05, 0.1) is 5.02 Å². The zero-order valence-electron chi connectivity index (χ0n) is 12.5. The van der Waals surface area contributed by atoms with Crippen LogP contribution in [-0.2, 0) is 18.6 Å². The molecule has 23 heavy (non-hydrogen) atoms. The molecule has 2 aromatic carbocycles. The van der Waals surface area contributed by atoms with E-state index in [0.717, 1.165) is 33.7 Å². The zero-order chi connectivity index (χ0) is 15.8. The average molecular weight is 343 g/mol. The molecule has 1 aromatic heterocycles. The van der Waals surface area contributed by atoms with Crippen LogP contribution < -0.4 is 5.63 Å². The van der Waals surface area contributed by atoms with Crippen molar-refractivity contribution in [1.82, 2.24) is 0 Å². The molecule has 116 valence electrons. The second-order valence-electron chi connectivity index (χ2n) is 5.78. The van der Waals surface area contributed by atoms with Gasteiger partial charge in [-0.25, -0.2) is 4.79 Å². The summed E-state index contributed by atoms with van der Waals surface area (Å²) in [7, 11) is 0. The van der Waals surface area contributed by atoms with Crippen LogP contribution >= 0.6 is 23.4 Å². The number of hydrogen-bond donors (Lipinski definition) is 0. The molecule has 4 heteroatoms. The lowest BCUT2D eigenvalue weighted by atomic mass is 10.0. The lowest BCUT2D eigenvalue weighted by molar-refractivity contribution is 0.559. The minimum Gasteiger partial charge on any atom is -0.423 e. The van der Waals surface area contributed by atoms with Gasteiger partial charge >= 0.3 is 5.63 Å². The van der Waals surface area contributed by atoms with Crippen LogP contribution in [0.2, 0.25) is 5.02 Å². The van der Waals surface area contributed by atoms with Crippen LogP contribution in [0.4, 0.5) is 0 Å². The molecule has 0 bridgehead atoms. The normalized spacial score (nSPS) is 13.4. The van der Waals surface area contributed by atoms with Gasteiger partial charge < -0.3 is 4.42 Å². The quantitative estimate of drug-likeness (QED) is 0.482. The first-order valence-electron chi connectivity index (χ1n) is 7.66. The summed E-state index contributed by atoms with van der Waals surface area (Å²) in [5.41, 5.74) is 4.13. The van der Waals surface area contributed by atoms with Crippen LogP contribution in [0, 0.1) is 0 Å². The molecule has 1 aliphatic carbocycles. The fourth-order valence-electron chi connectivity index (χ4n) is 3.13. The van der Waals surface area contributed by atoms with Gasteiger partial charge in [-0.2, -0.15) is 0 Å². The summed E-state index contributed by atoms with van der Waals surface area (Å²) < 4.78 is 5.41. The molecule has 0 saturated carbocycles. The predicted octanol–water partition coefficient (Wildman–Crippen LogP) is 5.23. The van der Waals surface area contributed by atoms with E-state index in [-0.39, 0.29) is 5.63 Å². The number of aryl methyl sites for hydroxylation is 2. The van der Waals surface area contributed by atoms with E-state index in [4.69, 9.17) is 16.0 Å². The van der Waals surface area contributed by atoms with E-state index in [1.165, 1.54) is 17.5 Å². The van der Waals surface area contributed by atoms with Crippen LogP contribution in [0.15, 0.2) is 56.6 Å². The maximum absolute atomic E-state index is 11.9. The van der Waals surface area contributed by atoms with E-state index in [1.807, 2.05) is 30.3 Å². The minimum absolute atomic E-state index is 0.287. The van der Waals surface area contributed by atoms with Crippen molar-refractivity contribution < 1.29 is 4.42 Å². The van der Waals surface area contributed by atoms with Crippen molar-refractivity contribution in [3.05, 3.63) is 74.6 Å². The first-order valence-corrected chi connectivity index (χ1v) is 9.03. The van der Waals surface area contributed by atoms with Gasteiger partial charge in [-0.15, -0.1) is 11.8 Å². The molecule has 0 N–H and O–H groups in total. The van der Waals surface area contributed by atoms with Crippen molar-refractivity contribution in [2.45, 2.75) is 29.9 Å². The molecule has 1 heterocycles. The number of fused-ring (bicyclic) bond motifs is 2. The van der Waals surface area contributed by atoms with E-state index in [9.17, 15) is 4.79 Å². The molecule has 0 atom stereocenters. The fraction of sp³-hybridized carbons (Fsp3) is 0.211. The lowest BCUT2D eigenvalue weighted by Crippen LogP contribution is -2.01. The fourth-order valence-corrected chi connectivity index (χ4v) is 4.36. The van der Waals surface area contributed by atoms with Crippen LogP contribution in [0.25, 0.3) is 11.0 Å². The molecule has 1 aliphatic rings. The van der Waals surface area contributed by atoms with Crippen LogP contribution in [0.5, 0.6) is 0 Å². The van der Waals surface area contributed by atoms with Crippen LogP contribution in [0.1, 0.15) is 23.1 Å². The molecule has 0 saturated heterocycles. The standard InChI is InChI=1S/C19H15ClO2S/c20-16-6-1-2-7-18(16)23-11-14-10-19(21)22-17-9-13-5-3-4-12(13)8-15(14)17/h1-2,6-10H,3-5,11H2. The Labute approximate surface area is 143 Å². The number of halogens is 1. The van der Waals surface area contributed by atoms with Gasteiger partial charge in [0.2, 0.25) is 0 Å². The number of thioether (sulfide) groups is 1. The minimum atomic E-state index is -0.287. The first kappa shape index (κ1) is 14.9. The SMILES string of the molecule is O=c1cc(CSc2ccccc2Cl)c2cc3c(cc2o1)CCC3. The Morgan fingerprint density at radius 3 is 2.70 bits per heavy atom. The van der Waals surface area contributed by atoms with Crippen molar-refractivity contribution in [2.24, 2.45) is 0 Å². The highest BCUT2D eigenvalue weighted by atomic mass is 35.5. The molecule has 2 nitrogen and oxygen atoms in total. The van der Waals surface area contributed by atoms with Crippen molar-refractivity contribution in [3.8, 4) is 0 Å². The summed E-state index contributed by atoms with van der Waals surface area (Å²) in [5, 5.41) is 1.79. The summed E-state index contributed by atoms with van der Waals surface area (Å²) in [5.74, 6) is 0.699. The molecule has 4 rings (SSSR count).